The highest BCUT2D eigenvalue weighted by atomic mass is 16.7. The highest BCUT2D eigenvalue weighted by molar-refractivity contribution is 5.10. The lowest BCUT2D eigenvalue weighted by molar-refractivity contribution is -0.0980. The Labute approximate surface area is 168 Å². The molecule has 27 heavy (non-hydrogen) atoms. The van der Waals surface area contributed by atoms with Crippen molar-refractivity contribution >= 4 is 6.79 Å². The molecule has 0 radical (unpaired) electrons. The molecule has 7 heteroatoms. The fourth-order valence-electron chi connectivity index (χ4n) is 0.996. The van der Waals surface area contributed by atoms with Crippen LogP contribution in [0.1, 0.15) is 59.8 Å². The Morgan fingerprint density at radius 1 is 0.630 bits per heavy atom. The Balaban J connectivity index is -0.0000000955. The number of aliphatic hydroxyl groups is 1. The van der Waals surface area contributed by atoms with Gasteiger partial charge in [0.05, 0.1) is 13.2 Å². The molecule has 0 rings (SSSR count). The molecule has 0 unspecified atom stereocenters. The van der Waals surface area contributed by atoms with Crippen molar-refractivity contribution in [3.8, 4) is 0 Å². The molecule has 0 aromatic rings. The molecule has 1 N–H and O–H groups in total. The van der Waals surface area contributed by atoms with Crippen LogP contribution in [-0.2, 0) is 28.5 Å². The summed E-state index contributed by atoms with van der Waals surface area (Å²) >= 11 is 0. The van der Waals surface area contributed by atoms with Crippen LogP contribution in [0.15, 0.2) is 0 Å². The van der Waals surface area contributed by atoms with Gasteiger partial charge in [-0.3, -0.25) is 0 Å². The van der Waals surface area contributed by atoms with E-state index in [1.807, 2.05) is 6.79 Å². The highest BCUT2D eigenvalue weighted by Crippen LogP contribution is 1.87. The van der Waals surface area contributed by atoms with Gasteiger partial charge in [-0.25, -0.2) is 0 Å². The average molecular weight is 401 g/mol. The van der Waals surface area contributed by atoms with Crippen LogP contribution in [0.4, 0.5) is 0 Å². The second-order valence-corrected chi connectivity index (χ2v) is 5.11. The SMILES string of the molecule is C=O.CCC.CCC.COCCCO.COCCCOCOCCCOC. The molecule has 0 bridgehead atoms. The van der Waals surface area contributed by atoms with Crippen LogP contribution in [0.25, 0.3) is 0 Å². The topological polar surface area (TPSA) is 83.5 Å². The molecule has 0 saturated carbocycles. The molecule has 0 fully saturated rings. The van der Waals surface area contributed by atoms with Crippen molar-refractivity contribution in [2.45, 2.75) is 59.8 Å². The summed E-state index contributed by atoms with van der Waals surface area (Å²) in [5.41, 5.74) is 0. The number of aliphatic hydroxyl groups excluding tert-OH is 1. The molecule has 0 aromatic heterocycles. The number of carbonyl (C=O) groups excluding carboxylic acids is 1. The van der Waals surface area contributed by atoms with E-state index in [2.05, 4.69) is 32.4 Å². The Hall–Kier alpha value is -0.570. The summed E-state index contributed by atoms with van der Waals surface area (Å²) in [4.78, 5) is 8.00. The molecule has 0 aliphatic carbocycles. The van der Waals surface area contributed by atoms with Gasteiger partial charge < -0.3 is 33.6 Å². The molecule has 0 aliphatic rings. The van der Waals surface area contributed by atoms with E-state index in [0.717, 1.165) is 32.5 Å². The van der Waals surface area contributed by atoms with Crippen LogP contribution in [0.2, 0.25) is 0 Å². The standard InChI is InChI=1S/C9H20O4.C4H10O2.2C3H8.CH2O/c1-10-5-3-7-12-9-13-8-4-6-11-2;1-6-4-2-3-5;2*1-3-2;1-2/h3-9H2,1-2H3;5H,2-4H2,1H3;2*3H2,1-2H3;1H2. The molecule has 0 saturated heterocycles. The molecule has 0 heterocycles. The predicted molar refractivity (Wildman–Crippen MR) is 112 cm³/mol. The zero-order valence-corrected chi connectivity index (χ0v) is 19.1. The van der Waals surface area contributed by atoms with Crippen LogP contribution >= 0.6 is 0 Å². The molecule has 0 atom stereocenters. The van der Waals surface area contributed by atoms with E-state index < -0.39 is 0 Å². The lowest BCUT2D eigenvalue weighted by Gasteiger charge is -2.04. The Morgan fingerprint density at radius 2 is 0.926 bits per heavy atom. The van der Waals surface area contributed by atoms with E-state index in [1.54, 1.807) is 21.3 Å². The first-order valence-electron chi connectivity index (χ1n) is 9.68. The largest absolute Gasteiger partial charge is 0.396 e. The molecule has 0 amide bonds. The summed E-state index contributed by atoms with van der Waals surface area (Å²) in [7, 11) is 4.98. The molecule has 0 spiro atoms. The zero-order valence-electron chi connectivity index (χ0n) is 19.1. The number of methoxy groups -OCH3 is 3. The number of ether oxygens (including phenoxy) is 5. The summed E-state index contributed by atoms with van der Waals surface area (Å²) < 4.78 is 24.7. The van der Waals surface area contributed by atoms with E-state index in [0.29, 0.717) is 26.6 Å². The van der Waals surface area contributed by atoms with Gasteiger partial charge in [0.25, 0.3) is 0 Å². The molecule has 170 valence electrons. The number of carbonyl (C=O) groups is 1. The van der Waals surface area contributed by atoms with Crippen LogP contribution in [0, 0.1) is 0 Å². The van der Waals surface area contributed by atoms with E-state index in [4.69, 9.17) is 28.8 Å². The van der Waals surface area contributed by atoms with E-state index in [1.165, 1.54) is 12.8 Å². The maximum atomic E-state index is 8.12. The number of hydrogen-bond acceptors (Lipinski definition) is 7. The molecular weight excluding hydrogens is 352 g/mol. The smallest absolute Gasteiger partial charge is 0.146 e. The van der Waals surface area contributed by atoms with E-state index >= 15 is 0 Å². The van der Waals surface area contributed by atoms with Gasteiger partial charge >= 0.3 is 0 Å². The van der Waals surface area contributed by atoms with Gasteiger partial charge in [-0.2, -0.15) is 0 Å². The molecule has 7 nitrogen and oxygen atoms in total. The third-order valence-electron chi connectivity index (χ3n) is 1.95. The maximum absolute atomic E-state index is 8.12. The van der Waals surface area contributed by atoms with Gasteiger partial charge in [-0.05, 0) is 19.3 Å². The molecule has 0 aromatic carbocycles. The van der Waals surface area contributed by atoms with Crippen LogP contribution in [0.3, 0.4) is 0 Å². The third kappa shape index (κ3) is 90.4. The number of rotatable bonds is 13. The van der Waals surface area contributed by atoms with Gasteiger partial charge in [-0.15, -0.1) is 0 Å². The summed E-state index contributed by atoms with van der Waals surface area (Å²) in [5.74, 6) is 0. The first kappa shape index (κ1) is 37.2. The summed E-state index contributed by atoms with van der Waals surface area (Å²) in [6.07, 6.45) is 5.08. The van der Waals surface area contributed by atoms with Crippen LogP contribution in [-0.4, -0.2) is 79.7 Å². The minimum atomic E-state index is 0.230. The van der Waals surface area contributed by atoms with Gasteiger partial charge in [0.15, 0.2) is 0 Å². The molecule has 0 aliphatic heterocycles. The lowest BCUT2D eigenvalue weighted by atomic mass is 10.5. The van der Waals surface area contributed by atoms with Crippen molar-refractivity contribution in [2.75, 3.05) is 67.8 Å². The maximum Gasteiger partial charge on any atom is 0.146 e. The fraction of sp³-hybridized carbons (Fsp3) is 0.950. The van der Waals surface area contributed by atoms with Crippen molar-refractivity contribution in [3.63, 3.8) is 0 Å². The van der Waals surface area contributed by atoms with Gasteiger partial charge in [0, 0.05) is 47.8 Å². The fourth-order valence-corrected chi connectivity index (χ4v) is 0.996. The highest BCUT2D eigenvalue weighted by Gasteiger charge is 1.89. The van der Waals surface area contributed by atoms with Crippen molar-refractivity contribution in [1.29, 1.82) is 0 Å². The van der Waals surface area contributed by atoms with Crippen LogP contribution in [0.5, 0.6) is 0 Å². The summed E-state index contributed by atoms with van der Waals surface area (Å²) in [6.45, 7) is 14.6. The first-order valence-corrected chi connectivity index (χ1v) is 9.68. The predicted octanol–water partition coefficient (Wildman–Crippen LogP) is 3.71. The van der Waals surface area contributed by atoms with Crippen molar-refractivity contribution < 1.29 is 33.6 Å². The lowest BCUT2D eigenvalue weighted by Crippen LogP contribution is -2.05. The van der Waals surface area contributed by atoms with Crippen molar-refractivity contribution in [1.82, 2.24) is 0 Å². The van der Waals surface area contributed by atoms with Crippen molar-refractivity contribution in [2.24, 2.45) is 0 Å². The Morgan fingerprint density at radius 3 is 1.15 bits per heavy atom. The second kappa shape index (κ2) is 56.2. The van der Waals surface area contributed by atoms with Crippen molar-refractivity contribution in [3.05, 3.63) is 0 Å². The first-order chi connectivity index (χ1) is 13.2. The molecular formula is C20H48O7. The second-order valence-electron chi connectivity index (χ2n) is 5.11. The zero-order chi connectivity index (χ0) is 22.0. The summed E-state index contributed by atoms with van der Waals surface area (Å²) in [5, 5.41) is 8.12. The van der Waals surface area contributed by atoms with E-state index in [9.17, 15) is 0 Å². The normalized spacial score (nSPS) is 8.59. The quantitative estimate of drug-likeness (QED) is 0.373. The number of hydrogen-bond donors (Lipinski definition) is 1. The Kier molecular flexibility index (Phi) is 77.5. The summed E-state index contributed by atoms with van der Waals surface area (Å²) in [6, 6.07) is 0. The van der Waals surface area contributed by atoms with E-state index in [-0.39, 0.29) is 6.61 Å². The minimum absolute atomic E-state index is 0.230. The Bertz CT molecular complexity index is 156. The van der Waals surface area contributed by atoms with Gasteiger partial charge in [-0.1, -0.05) is 40.5 Å². The van der Waals surface area contributed by atoms with Gasteiger partial charge in [0.2, 0.25) is 0 Å². The van der Waals surface area contributed by atoms with Crippen LogP contribution < -0.4 is 0 Å². The monoisotopic (exact) mass is 400 g/mol. The van der Waals surface area contributed by atoms with Gasteiger partial charge in [0.1, 0.15) is 13.6 Å². The third-order valence-corrected chi connectivity index (χ3v) is 1.95. The average Bonchev–Trinajstić information content (AvgIpc) is 2.68. The minimum Gasteiger partial charge on any atom is -0.396 e.